The van der Waals surface area contributed by atoms with Gasteiger partial charge in [0.15, 0.2) is 0 Å². The number of amides is 1. The SMILES string of the molecule is O=C(c1cccnc1)N1C[C@@H]2CN(c3ncccn3)C[C@@H]2C1. The lowest BCUT2D eigenvalue weighted by atomic mass is 10.0. The lowest BCUT2D eigenvalue weighted by Crippen LogP contribution is -2.33. The average molecular weight is 295 g/mol. The van der Waals surface area contributed by atoms with Gasteiger partial charge in [0.2, 0.25) is 5.95 Å². The highest BCUT2D eigenvalue weighted by atomic mass is 16.2. The lowest BCUT2D eigenvalue weighted by Gasteiger charge is -2.21. The van der Waals surface area contributed by atoms with Crippen LogP contribution in [0.15, 0.2) is 43.0 Å². The van der Waals surface area contributed by atoms with Crippen molar-refractivity contribution in [3.63, 3.8) is 0 Å². The van der Waals surface area contributed by atoms with Gasteiger partial charge < -0.3 is 9.80 Å². The number of pyridine rings is 1. The summed E-state index contributed by atoms with van der Waals surface area (Å²) in [6, 6.07) is 5.46. The standard InChI is InChI=1S/C16H17N5O/c22-15(12-3-1-4-17-7-12)20-8-13-10-21(11-14(13)9-20)16-18-5-2-6-19-16/h1-7,13-14H,8-11H2/t13-,14+. The first-order valence-corrected chi connectivity index (χ1v) is 7.52. The van der Waals surface area contributed by atoms with E-state index in [1.165, 1.54) is 0 Å². The molecular weight excluding hydrogens is 278 g/mol. The summed E-state index contributed by atoms with van der Waals surface area (Å²) in [7, 11) is 0. The Balaban J connectivity index is 1.43. The third kappa shape index (κ3) is 2.30. The molecule has 22 heavy (non-hydrogen) atoms. The Morgan fingerprint density at radius 1 is 1.00 bits per heavy atom. The molecule has 0 N–H and O–H groups in total. The first kappa shape index (κ1) is 13.2. The molecule has 2 saturated heterocycles. The Morgan fingerprint density at radius 3 is 2.36 bits per heavy atom. The van der Waals surface area contributed by atoms with Crippen LogP contribution in [0.3, 0.4) is 0 Å². The smallest absolute Gasteiger partial charge is 0.255 e. The number of carbonyl (C=O) groups is 1. The van der Waals surface area contributed by atoms with Crippen LogP contribution in [0.5, 0.6) is 0 Å². The maximum absolute atomic E-state index is 12.5. The van der Waals surface area contributed by atoms with Crippen molar-refractivity contribution in [3.8, 4) is 0 Å². The zero-order valence-electron chi connectivity index (χ0n) is 12.2. The molecule has 4 heterocycles. The summed E-state index contributed by atoms with van der Waals surface area (Å²) in [5, 5.41) is 0. The van der Waals surface area contributed by atoms with Gasteiger partial charge in [-0.15, -0.1) is 0 Å². The van der Waals surface area contributed by atoms with Crippen LogP contribution in [0.1, 0.15) is 10.4 Å². The second-order valence-corrected chi connectivity index (χ2v) is 5.93. The molecule has 2 aliphatic heterocycles. The molecule has 2 aliphatic rings. The largest absolute Gasteiger partial charge is 0.340 e. The molecule has 6 heteroatoms. The Labute approximate surface area is 128 Å². The molecule has 2 fully saturated rings. The van der Waals surface area contributed by atoms with Crippen LogP contribution in [0.2, 0.25) is 0 Å². The number of hydrogen-bond donors (Lipinski definition) is 0. The van der Waals surface area contributed by atoms with Gasteiger partial charge in [0.1, 0.15) is 0 Å². The molecule has 0 unspecified atom stereocenters. The molecule has 0 saturated carbocycles. The highest BCUT2D eigenvalue weighted by Crippen LogP contribution is 2.33. The predicted octanol–water partition coefficient (Wildman–Crippen LogP) is 1.08. The van der Waals surface area contributed by atoms with E-state index in [1.54, 1.807) is 30.9 Å². The van der Waals surface area contributed by atoms with Crippen molar-refractivity contribution in [2.24, 2.45) is 11.8 Å². The lowest BCUT2D eigenvalue weighted by molar-refractivity contribution is 0.0782. The molecule has 0 aromatic carbocycles. The molecule has 1 amide bonds. The summed E-state index contributed by atoms with van der Waals surface area (Å²) in [5.41, 5.74) is 0.672. The van der Waals surface area contributed by atoms with Crippen LogP contribution in [0.25, 0.3) is 0 Å². The van der Waals surface area contributed by atoms with Crippen LogP contribution in [0, 0.1) is 11.8 Å². The minimum atomic E-state index is 0.0880. The van der Waals surface area contributed by atoms with E-state index in [2.05, 4.69) is 19.9 Å². The molecule has 4 rings (SSSR count). The number of anilines is 1. The van der Waals surface area contributed by atoms with Crippen LogP contribution in [-0.2, 0) is 0 Å². The first-order valence-electron chi connectivity index (χ1n) is 7.52. The summed E-state index contributed by atoms with van der Waals surface area (Å²) in [4.78, 5) is 29.3. The molecule has 0 bridgehead atoms. The van der Waals surface area contributed by atoms with Crippen molar-refractivity contribution >= 4 is 11.9 Å². The normalized spacial score (nSPS) is 23.6. The van der Waals surface area contributed by atoms with Gasteiger partial charge in [0, 0.05) is 62.8 Å². The van der Waals surface area contributed by atoms with Gasteiger partial charge in [0.25, 0.3) is 5.91 Å². The van der Waals surface area contributed by atoms with E-state index in [4.69, 9.17) is 0 Å². The fourth-order valence-electron chi connectivity index (χ4n) is 3.45. The predicted molar refractivity (Wildman–Crippen MR) is 81.4 cm³/mol. The van der Waals surface area contributed by atoms with Gasteiger partial charge >= 0.3 is 0 Å². The van der Waals surface area contributed by atoms with Gasteiger partial charge in [-0.1, -0.05) is 0 Å². The maximum atomic E-state index is 12.5. The summed E-state index contributed by atoms with van der Waals surface area (Å²) in [6.07, 6.45) is 6.87. The molecular formula is C16H17N5O. The van der Waals surface area contributed by atoms with Crippen molar-refractivity contribution in [1.29, 1.82) is 0 Å². The highest BCUT2D eigenvalue weighted by Gasteiger charge is 2.42. The Kier molecular flexibility index (Phi) is 3.21. The molecule has 0 spiro atoms. The maximum Gasteiger partial charge on any atom is 0.255 e. The van der Waals surface area contributed by atoms with E-state index in [-0.39, 0.29) is 5.91 Å². The van der Waals surface area contributed by atoms with E-state index in [0.717, 1.165) is 32.1 Å². The molecule has 2 aromatic heterocycles. The molecule has 0 radical (unpaired) electrons. The number of fused-ring (bicyclic) bond motifs is 1. The number of nitrogens with zero attached hydrogens (tertiary/aromatic N) is 5. The Morgan fingerprint density at radius 2 is 1.73 bits per heavy atom. The zero-order chi connectivity index (χ0) is 14.9. The van der Waals surface area contributed by atoms with E-state index in [0.29, 0.717) is 17.4 Å². The minimum absolute atomic E-state index is 0.0880. The Hall–Kier alpha value is -2.50. The topological polar surface area (TPSA) is 62.2 Å². The molecule has 2 atom stereocenters. The quantitative estimate of drug-likeness (QED) is 0.829. The first-order chi connectivity index (χ1) is 10.8. The second kappa shape index (κ2) is 5.36. The van der Waals surface area contributed by atoms with Crippen LogP contribution < -0.4 is 4.90 Å². The van der Waals surface area contributed by atoms with Gasteiger partial charge in [-0.3, -0.25) is 9.78 Å². The molecule has 0 aliphatic carbocycles. The molecule has 6 nitrogen and oxygen atoms in total. The summed E-state index contributed by atoms with van der Waals surface area (Å²) in [5.74, 6) is 1.89. The van der Waals surface area contributed by atoms with Gasteiger partial charge in [-0.05, 0) is 18.2 Å². The van der Waals surface area contributed by atoms with Gasteiger partial charge in [-0.25, -0.2) is 9.97 Å². The van der Waals surface area contributed by atoms with E-state index >= 15 is 0 Å². The van der Waals surface area contributed by atoms with Crippen LogP contribution in [-0.4, -0.2) is 51.9 Å². The minimum Gasteiger partial charge on any atom is -0.340 e. The summed E-state index contributed by atoms with van der Waals surface area (Å²) >= 11 is 0. The van der Waals surface area contributed by atoms with Crippen molar-refractivity contribution < 1.29 is 4.79 Å². The van der Waals surface area contributed by atoms with Gasteiger partial charge in [0.05, 0.1) is 5.56 Å². The zero-order valence-corrected chi connectivity index (χ0v) is 12.2. The summed E-state index contributed by atoms with van der Waals surface area (Å²) in [6.45, 7) is 3.46. The van der Waals surface area contributed by atoms with E-state index in [1.807, 2.05) is 17.0 Å². The Bertz CT molecular complexity index is 649. The average Bonchev–Trinajstić information content (AvgIpc) is 3.15. The van der Waals surface area contributed by atoms with Crippen molar-refractivity contribution in [2.45, 2.75) is 0 Å². The number of rotatable bonds is 2. The third-order valence-electron chi connectivity index (χ3n) is 4.52. The van der Waals surface area contributed by atoms with Crippen LogP contribution in [0.4, 0.5) is 5.95 Å². The van der Waals surface area contributed by atoms with Crippen molar-refractivity contribution in [2.75, 3.05) is 31.1 Å². The van der Waals surface area contributed by atoms with Crippen molar-refractivity contribution in [1.82, 2.24) is 19.9 Å². The number of hydrogen-bond acceptors (Lipinski definition) is 5. The summed E-state index contributed by atoms with van der Waals surface area (Å²) < 4.78 is 0. The molecule has 2 aromatic rings. The number of aromatic nitrogens is 3. The van der Waals surface area contributed by atoms with Gasteiger partial charge in [-0.2, -0.15) is 0 Å². The second-order valence-electron chi connectivity index (χ2n) is 5.93. The van der Waals surface area contributed by atoms with Crippen LogP contribution >= 0.6 is 0 Å². The fraction of sp³-hybridized carbons (Fsp3) is 0.375. The van der Waals surface area contributed by atoms with Crippen molar-refractivity contribution in [3.05, 3.63) is 48.5 Å². The molecule has 112 valence electrons. The van der Waals surface area contributed by atoms with E-state index in [9.17, 15) is 4.79 Å². The number of likely N-dealkylation sites (tertiary alicyclic amines) is 1. The van der Waals surface area contributed by atoms with E-state index < -0.39 is 0 Å². The fourth-order valence-corrected chi connectivity index (χ4v) is 3.45. The third-order valence-corrected chi connectivity index (χ3v) is 4.52. The monoisotopic (exact) mass is 295 g/mol. The number of carbonyl (C=O) groups excluding carboxylic acids is 1. The highest BCUT2D eigenvalue weighted by molar-refractivity contribution is 5.94.